The summed E-state index contributed by atoms with van der Waals surface area (Å²) in [5.41, 5.74) is 4.33. The van der Waals surface area contributed by atoms with E-state index in [-0.39, 0.29) is 17.5 Å². The number of anilines is 2. The van der Waals surface area contributed by atoms with Crippen LogP contribution in [0.25, 0.3) is 0 Å². The second-order valence-electron chi connectivity index (χ2n) is 6.64. The molecule has 0 bridgehead atoms. The highest BCUT2D eigenvalue weighted by Gasteiger charge is 2.19. The minimum atomic E-state index is -0.279. The summed E-state index contributed by atoms with van der Waals surface area (Å²) in [7, 11) is 0. The van der Waals surface area contributed by atoms with E-state index in [2.05, 4.69) is 10.3 Å². The normalized spacial score (nSPS) is 10.4. The summed E-state index contributed by atoms with van der Waals surface area (Å²) in [6.45, 7) is 6.38. The summed E-state index contributed by atoms with van der Waals surface area (Å²) in [6, 6.07) is 18.4. The van der Waals surface area contributed by atoms with Gasteiger partial charge in [-0.2, -0.15) is 0 Å². The zero-order chi connectivity index (χ0) is 20.1. The van der Waals surface area contributed by atoms with Gasteiger partial charge in [0.1, 0.15) is 5.69 Å². The van der Waals surface area contributed by atoms with Crippen LogP contribution in [0.15, 0.2) is 66.9 Å². The Kier molecular flexibility index (Phi) is 5.84. The molecule has 0 atom stereocenters. The van der Waals surface area contributed by atoms with E-state index in [1.54, 1.807) is 11.0 Å². The molecule has 0 aliphatic carbocycles. The first kappa shape index (κ1) is 19.3. The Morgan fingerprint density at radius 3 is 2.39 bits per heavy atom. The SMILES string of the molecule is CCN(C(=O)c1cc(C(=O)Nc2ccc(C)cc2)ccn1)c1cccc(C)c1. The molecular formula is C23H23N3O2. The van der Waals surface area contributed by atoms with Gasteiger partial charge in [0.05, 0.1) is 0 Å². The molecule has 0 unspecified atom stereocenters. The van der Waals surface area contributed by atoms with Crippen molar-refractivity contribution in [3.05, 3.63) is 89.2 Å². The number of rotatable bonds is 5. The summed E-state index contributed by atoms with van der Waals surface area (Å²) in [6.07, 6.45) is 1.49. The molecule has 5 nitrogen and oxygen atoms in total. The predicted octanol–water partition coefficient (Wildman–Crippen LogP) is 4.62. The molecule has 28 heavy (non-hydrogen) atoms. The van der Waals surface area contributed by atoms with Gasteiger partial charge in [0.25, 0.3) is 11.8 Å². The number of benzene rings is 2. The first-order chi connectivity index (χ1) is 13.5. The summed E-state index contributed by atoms with van der Waals surface area (Å²) >= 11 is 0. The van der Waals surface area contributed by atoms with Crippen molar-refractivity contribution in [1.82, 2.24) is 4.98 Å². The molecule has 0 aliphatic rings. The lowest BCUT2D eigenvalue weighted by molar-refractivity contribution is 0.0983. The summed E-state index contributed by atoms with van der Waals surface area (Å²) < 4.78 is 0. The molecule has 0 saturated heterocycles. The second kappa shape index (κ2) is 8.48. The van der Waals surface area contributed by atoms with Gasteiger partial charge in [-0.05, 0) is 62.7 Å². The number of carbonyl (C=O) groups excluding carboxylic acids is 2. The monoisotopic (exact) mass is 373 g/mol. The van der Waals surface area contributed by atoms with Crippen LogP contribution in [-0.2, 0) is 0 Å². The summed E-state index contributed by atoms with van der Waals surface area (Å²) in [5.74, 6) is -0.517. The van der Waals surface area contributed by atoms with Crippen LogP contribution in [-0.4, -0.2) is 23.3 Å². The number of amides is 2. The minimum absolute atomic E-state index is 0.236. The van der Waals surface area contributed by atoms with Crippen LogP contribution in [0.5, 0.6) is 0 Å². The van der Waals surface area contributed by atoms with Crippen molar-refractivity contribution in [2.45, 2.75) is 20.8 Å². The van der Waals surface area contributed by atoms with Crippen molar-refractivity contribution in [3.8, 4) is 0 Å². The lowest BCUT2D eigenvalue weighted by Crippen LogP contribution is -2.31. The highest BCUT2D eigenvalue weighted by molar-refractivity contribution is 6.08. The smallest absolute Gasteiger partial charge is 0.276 e. The predicted molar refractivity (Wildman–Crippen MR) is 112 cm³/mol. The molecular weight excluding hydrogens is 350 g/mol. The number of aromatic nitrogens is 1. The first-order valence-corrected chi connectivity index (χ1v) is 9.20. The fourth-order valence-corrected chi connectivity index (χ4v) is 2.91. The maximum Gasteiger partial charge on any atom is 0.276 e. The molecule has 1 aromatic heterocycles. The van der Waals surface area contributed by atoms with Crippen LogP contribution >= 0.6 is 0 Å². The lowest BCUT2D eigenvalue weighted by Gasteiger charge is -2.21. The average molecular weight is 373 g/mol. The van der Waals surface area contributed by atoms with Gasteiger partial charge < -0.3 is 10.2 Å². The van der Waals surface area contributed by atoms with Gasteiger partial charge in [-0.25, -0.2) is 0 Å². The maximum atomic E-state index is 13.0. The van der Waals surface area contributed by atoms with E-state index >= 15 is 0 Å². The Labute approximate surface area is 165 Å². The lowest BCUT2D eigenvalue weighted by atomic mass is 10.1. The fourth-order valence-electron chi connectivity index (χ4n) is 2.91. The zero-order valence-corrected chi connectivity index (χ0v) is 16.3. The molecule has 2 amide bonds. The van der Waals surface area contributed by atoms with Gasteiger partial charge in [0.15, 0.2) is 0 Å². The van der Waals surface area contributed by atoms with Crippen LogP contribution in [0.4, 0.5) is 11.4 Å². The third-order valence-corrected chi connectivity index (χ3v) is 4.43. The van der Waals surface area contributed by atoms with E-state index in [4.69, 9.17) is 0 Å². The molecule has 1 N–H and O–H groups in total. The van der Waals surface area contributed by atoms with Gasteiger partial charge in [-0.1, -0.05) is 29.8 Å². The Hall–Kier alpha value is -3.47. The number of hydrogen-bond acceptors (Lipinski definition) is 3. The Balaban J connectivity index is 1.82. The minimum Gasteiger partial charge on any atom is -0.322 e. The third kappa shape index (κ3) is 4.43. The number of pyridine rings is 1. The van der Waals surface area contributed by atoms with Gasteiger partial charge in [0.2, 0.25) is 0 Å². The van der Waals surface area contributed by atoms with Crippen molar-refractivity contribution in [2.24, 2.45) is 0 Å². The topological polar surface area (TPSA) is 62.3 Å². The molecule has 0 saturated carbocycles. The molecule has 3 rings (SSSR count). The van der Waals surface area contributed by atoms with E-state index in [0.29, 0.717) is 17.8 Å². The number of carbonyl (C=O) groups is 2. The Morgan fingerprint density at radius 1 is 0.964 bits per heavy atom. The fraction of sp³-hybridized carbons (Fsp3) is 0.174. The molecule has 142 valence electrons. The summed E-state index contributed by atoms with van der Waals surface area (Å²) in [5, 5.41) is 2.84. The zero-order valence-electron chi connectivity index (χ0n) is 16.3. The highest BCUT2D eigenvalue weighted by atomic mass is 16.2. The first-order valence-electron chi connectivity index (χ1n) is 9.20. The van der Waals surface area contributed by atoms with Gasteiger partial charge in [-0.15, -0.1) is 0 Å². The molecule has 0 aliphatic heterocycles. The standard InChI is InChI=1S/C23H23N3O2/c1-4-26(20-7-5-6-17(3)14-20)23(28)21-15-18(12-13-24-21)22(27)25-19-10-8-16(2)9-11-19/h5-15H,4H2,1-3H3,(H,25,27). The summed E-state index contributed by atoms with van der Waals surface area (Å²) in [4.78, 5) is 31.4. The van der Waals surface area contributed by atoms with Crippen LogP contribution in [0.3, 0.4) is 0 Å². The molecule has 0 radical (unpaired) electrons. The average Bonchev–Trinajstić information content (AvgIpc) is 2.70. The largest absolute Gasteiger partial charge is 0.322 e. The van der Waals surface area contributed by atoms with E-state index in [0.717, 1.165) is 16.8 Å². The Bertz CT molecular complexity index is 997. The van der Waals surface area contributed by atoms with Crippen molar-refractivity contribution in [2.75, 3.05) is 16.8 Å². The number of nitrogens with one attached hydrogen (secondary N) is 1. The quantitative estimate of drug-likeness (QED) is 0.710. The van der Waals surface area contributed by atoms with E-state index in [9.17, 15) is 9.59 Å². The van der Waals surface area contributed by atoms with Crippen LogP contribution in [0.2, 0.25) is 0 Å². The van der Waals surface area contributed by atoms with Crippen molar-refractivity contribution in [3.63, 3.8) is 0 Å². The van der Waals surface area contributed by atoms with Crippen molar-refractivity contribution >= 4 is 23.2 Å². The maximum absolute atomic E-state index is 13.0. The van der Waals surface area contributed by atoms with E-state index < -0.39 is 0 Å². The van der Waals surface area contributed by atoms with Gasteiger partial charge in [0, 0.05) is 29.7 Å². The molecule has 1 heterocycles. The van der Waals surface area contributed by atoms with Gasteiger partial charge >= 0.3 is 0 Å². The van der Waals surface area contributed by atoms with Crippen LogP contribution in [0.1, 0.15) is 38.9 Å². The van der Waals surface area contributed by atoms with Crippen LogP contribution < -0.4 is 10.2 Å². The molecule has 5 heteroatoms. The van der Waals surface area contributed by atoms with Crippen molar-refractivity contribution < 1.29 is 9.59 Å². The number of nitrogens with zero attached hydrogens (tertiary/aromatic N) is 2. The molecule has 0 spiro atoms. The molecule has 3 aromatic rings. The highest BCUT2D eigenvalue weighted by Crippen LogP contribution is 2.19. The van der Waals surface area contributed by atoms with Crippen molar-refractivity contribution in [1.29, 1.82) is 0 Å². The molecule has 0 fully saturated rings. The van der Waals surface area contributed by atoms with Crippen LogP contribution in [0, 0.1) is 13.8 Å². The van der Waals surface area contributed by atoms with E-state index in [1.807, 2.05) is 69.3 Å². The van der Waals surface area contributed by atoms with E-state index in [1.165, 1.54) is 12.3 Å². The third-order valence-electron chi connectivity index (χ3n) is 4.43. The molecule has 2 aromatic carbocycles. The number of hydrogen-bond donors (Lipinski definition) is 1. The Morgan fingerprint density at radius 2 is 1.71 bits per heavy atom. The number of aryl methyl sites for hydroxylation is 2. The second-order valence-corrected chi connectivity index (χ2v) is 6.64. The van der Waals surface area contributed by atoms with Gasteiger partial charge in [-0.3, -0.25) is 14.6 Å².